The SMILES string of the molecule is CCCCc1ccc(COc2ccc(C(=O)CCC)cc2)cc1NC(=O)C(C)c1cccc2ccccc12. The number of Topliss-reactive ketones (excluding diaryl/α,β-unsaturated/α-hetero) is 1. The van der Waals surface area contributed by atoms with E-state index in [-0.39, 0.29) is 17.6 Å². The molecule has 38 heavy (non-hydrogen) atoms. The lowest BCUT2D eigenvalue weighted by Crippen LogP contribution is -2.20. The van der Waals surface area contributed by atoms with E-state index in [0.717, 1.165) is 58.8 Å². The number of aryl methyl sites for hydroxylation is 1. The number of carbonyl (C=O) groups is 2. The molecule has 1 amide bonds. The first-order chi connectivity index (χ1) is 18.5. The number of carbonyl (C=O) groups excluding carboxylic acids is 2. The second kappa shape index (κ2) is 13.0. The van der Waals surface area contributed by atoms with Crippen LogP contribution in [0.2, 0.25) is 0 Å². The number of rotatable bonds is 12. The van der Waals surface area contributed by atoms with Gasteiger partial charge in [-0.25, -0.2) is 0 Å². The van der Waals surface area contributed by atoms with Gasteiger partial charge >= 0.3 is 0 Å². The molecule has 4 nitrogen and oxygen atoms in total. The fraction of sp³-hybridized carbons (Fsp3) is 0.294. The summed E-state index contributed by atoms with van der Waals surface area (Å²) in [5.74, 6) is 0.543. The summed E-state index contributed by atoms with van der Waals surface area (Å²) >= 11 is 0. The highest BCUT2D eigenvalue weighted by Crippen LogP contribution is 2.28. The quantitative estimate of drug-likeness (QED) is 0.196. The average molecular weight is 508 g/mol. The third-order valence-electron chi connectivity index (χ3n) is 6.97. The predicted octanol–water partition coefficient (Wildman–Crippen LogP) is 8.49. The van der Waals surface area contributed by atoms with E-state index >= 15 is 0 Å². The topological polar surface area (TPSA) is 55.4 Å². The molecule has 0 saturated carbocycles. The first-order valence-corrected chi connectivity index (χ1v) is 13.7. The number of hydrogen-bond donors (Lipinski definition) is 1. The van der Waals surface area contributed by atoms with Crippen LogP contribution in [0.4, 0.5) is 5.69 Å². The van der Waals surface area contributed by atoms with Gasteiger partial charge in [-0.1, -0.05) is 74.9 Å². The van der Waals surface area contributed by atoms with Crippen molar-refractivity contribution < 1.29 is 14.3 Å². The molecule has 1 atom stereocenters. The van der Waals surface area contributed by atoms with Crippen LogP contribution < -0.4 is 10.1 Å². The molecule has 196 valence electrons. The van der Waals surface area contributed by atoms with Crippen molar-refractivity contribution in [3.05, 3.63) is 107 Å². The van der Waals surface area contributed by atoms with Crippen LogP contribution in [-0.4, -0.2) is 11.7 Å². The van der Waals surface area contributed by atoms with Gasteiger partial charge in [0, 0.05) is 17.7 Å². The Hall–Kier alpha value is -3.92. The molecule has 1 unspecified atom stereocenters. The van der Waals surface area contributed by atoms with E-state index in [0.29, 0.717) is 24.3 Å². The number of anilines is 1. The van der Waals surface area contributed by atoms with E-state index < -0.39 is 0 Å². The first-order valence-electron chi connectivity index (χ1n) is 13.7. The number of amides is 1. The Labute approximate surface area is 226 Å². The lowest BCUT2D eigenvalue weighted by atomic mass is 9.94. The summed E-state index contributed by atoms with van der Waals surface area (Å²) in [6.45, 7) is 6.51. The zero-order chi connectivity index (χ0) is 26.9. The second-order valence-corrected chi connectivity index (χ2v) is 9.86. The Morgan fingerprint density at radius 3 is 2.39 bits per heavy atom. The van der Waals surface area contributed by atoms with E-state index in [1.54, 1.807) is 0 Å². The number of benzene rings is 4. The Morgan fingerprint density at radius 2 is 1.63 bits per heavy atom. The molecule has 1 N–H and O–H groups in total. The van der Waals surface area contributed by atoms with Gasteiger partial charge < -0.3 is 10.1 Å². The number of unbranched alkanes of at least 4 members (excludes halogenated alkanes) is 1. The van der Waals surface area contributed by atoms with Crippen LogP contribution in [0.25, 0.3) is 10.8 Å². The molecule has 4 heteroatoms. The number of ether oxygens (including phenoxy) is 1. The molecule has 0 heterocycles. The van der Waals surface area contributed by atoms with Gasteiger partial charge in [0.2, 0.25) is 5.91 Å². The van der Waals surface area contributed by atoms with Crippen molar-refractivity contribution in [2.45, 2.75) is 65.4 Å². The van der Waals surface area contributed by atoms with Crippen molar-refractivity contribution in [3.63, 3.8) is 0 Å². The molecule has 0 aliphatic carbocycles. The van der Waals surface area contributed by atoms with Gasteiger partial charge in [0.15, 0.2) is 5.78 Å². The molecule has 0 spiro atoms. The van der Waals surface area contributed by atoms with Gasteiger partial charge in [-0.15, -0.1) is 0 Å². The summed E-state index contributed by atoms with van der Waals surface area (Å²) in [5.41, 5.74) is 4.69. The van der Waals surface area contributed by atoms with Gasteiger partial charge in [0.05, 0.1) is 5.92 Å². The molecule has 0 radical (unpaired) electrons. The van der Waals surface area contributed by atoms with Crippen LogP contribution in [-0.2, 0) is 17.8 Å². The molecule has 0 fully saturated rings. The lowest BCUT2D eigenvalue weighted by molar-refractivity contribution is -0.117. The number of nitrogens with one attached hydrogen (secondary N) is 1. The van der Waals surface area contributed by atoms with E-state index in [2.05, 4.69) is 42.6 Å². The molecular formula is C34H37NO3. The van der Waals surface area contributed by atoms with Crippen LogP contribution >= 0.6 is 0 Å². The molecule has 0 aliphatic rings. The largest absolute Gasteiger partial charge is 0.489 e. The van der Waals surface area contributed by atoms with Crippen LogP contribution in [0.1, 0.15) is 79.4 Å². The molecule has 4 aromatic carbocycles. The first kappa shape index (κ1) is 27.1. The normalized spacial score (nSPS) is 11.8. The number of fused-ring (bicyclic) bond motifs is 1. The average Bonchev–Trinajstić information content (AvgIpc) is 2.95. The summed E-state index contributed by atoms with van der Waals surface area (Å²) < 4.78 is 6.01. The van der Waals surface area contributed by atoms with Crippen LogP contribution in [0.3, 0.4) is 0 Å². The smallest absolute Gasteiger partial charge is 0.231 e. The van der Waals surface area contributed by atoms with Crippen molar-refractivity contribution in [2.75, 3.05) is 5.32 Å². The van der Waals surface area contributed by atoms with Crippen LogP contribution in [0.5, 0.6) is 5.75 Å². The third kappa shape index (κ3) is 6.69. The maximum absolute atomic E-state index is 13.4. The Kier molecular flexibility index (Phi) is 9.31. The Balaban J connectivity index is 1.49. The van der Waals surface area contributed by atoms with Crippen LogP contribution in [0, 0.1) is 0 Å². The van der Waals surface area contributed by atoms with Gasteiger partial charge in [0.1, 0.15) is 12.4 Å². The van der Waals surface area contributed by atoms with Crippen molar-refractivity contribution in [1.29, 1.82) is 0 Å². The fourth-order valence-corrected chi connectivity index (χ4v) is 4.70. The molecule has 4 aromatic rings. The van der Waals surface area contributed by atoms with Crippen molar-refractivity contribution in [2.24, 2.45) is 0 Å². The molecule has 4 rings (SSSR count). The summed E-state index contributed by atoms with van der Waals surface area (Å²) in [5, 5.41) is 5.46. The van der Waals surface area contributed by atoms with Crippen LogP contribution in [0.15, 0.2) is 84.9 Å². The summed E-state index contributed by atoms with van der Waals surface area (Å²) in [6, 6.07) is 27.8. The molecular weight excluding hydrogens is 470 g/mol. The number of hydrogen-bond acceptors (Lipinski definition) is 3. The van der Waals surface area contributed by atoms with Gasteiger partial charge in [-0.2, -0.15) is 0 Å². The van der Waals surface area contributed by atoms with Gasteiger partial charge in [-0.3, -0.25) is 9.59 Å². The predicted molar refractivity (Wildman–Crippen MR) is 156 cm³/mol. The highest BCUT2D eigenvalue weighted by Gasteiger charge is 2.19. The van der Waals surface area contributed by atoms with E-state index in [4.69, 9.17) is 4.74 Å². The molecule has 0 aliphatic heterocycles. The maximum Gasteiger partial charge on any atom is 0.231 e. The summed E-state index contributed by atoms with van der Waals surface area (Å²) in [6.07, 6.45) is 4.44. The monoisotopic (exact) mass is 507 g/mol. The highest BCUT2D eigenvalue weighted by molar-refractivity contribution is 5.99. The number of ketones is 1. The van der Waals surface area contributed by atoms with Gasteiger partial charge in [0.25, 0.3) is 0 Å². The Bertz CT molecular complexity index is 1390. The van der Waals surface area contributed by atoms with Crippen molar-refractivity contribution in [3.8, 4) is 5.75 Å². The minimum Gasteiger partial charge on any atom is -0.489 e. The fourth-order valence-electron chi connectivity index (χ4n) is 4.70. The molecule has 0 saturated heterocycles. The Morgan fingerprint density at radius 1 is 0.868 bits per heavy atom. The van der Waals surface area contributed by atoms with Crippen molar-refractivity contribution >= 4 is 28.2 Å². The minimum absolute atomic E-state index is 0.0236. The maximum atomic E-state index is 13.4. The molecule has 0 aromatic heterocycles. The van der Waals surface area contributed by atoms with E-state index in [1.807, 2.05) is 68.4 Å². The van der Waals surface area contributed by atoms with Gasteiger partial charge in [-0.05, 0) is 84.0 Å². The lowest BCUT2D eigenvalue weighted by Gasteiger charge is -2.18. The van der Waals surface area contributed by atoms with Crippen molar-refractivity contribution in [1.82, 2.24) is 0 Å². The highest BCUT2D eigenvalue weighted by atomic mass is 16.5. The summed E-state index contributed by atoms with van der Waals surface area (Å²) in [7, 11) is 0. The standard InChI is InChI=1S/C34H37NO3/c1-4-6-11-27-17-16-25(23-38-29-20-18-28(19-21-29)33(36)10-5-2)22-32(27)35-34(37)24(3)30-15-9-13-26-12-7-8-14-31(26)30/h7-9,12-22,24H,4-6,10-11,23H2,1-3H3,(H,35,37). The second-order valence-electron chi connectivity index (χ2n) is 9.86. The zero-order valence-corrected chi connectivity index (χ0v) is 22.6. The zero-order valence-electron chi connectivity index (χ0n) is 22.6. The van der Waals surface area contributed by atoms with E-state index in [9.17, 15) is 9.59 Å². The third-order valence-corrected chi connectivity index (χ3v) is 6.97. The minimum atomic E-state index is -0.297. The molecule has 0 bridgehead atoms. The van der Waals surface area contributed by atoms with E-state index in [1.165, 1.54) is 0 Å². The summed E-state index contributed by atoms with van der Waals surface area (Å²) in [4.78, 5) is 25.5.